The molecule has 1 fully saturated rings. The smallest absolute Gasteiger partial charge is 0.247 e. The molecule has 1 aliphatic heterocycles. The van der Waals surface area contributed by atoms with Crippen molar-refractivity contribution in [2.24, 2.45) is 0 Å². The molecule has 6 nitrogen and oxygen atoms in total. The third-order valence-electron chi connectivity index (χ3n) is 4.50. The SMILES string of the molecule is Oc1ccc(N2CCN(Cc3nnc(-c4ccc(Cl)cc4)o3)CC2)cc1. The van der Waals surface area contributed by atoms with E-state index < -0.39 is 0 Å². The molecule has 0 atom stereocenters. The maximum absolute atomic E-state index is 9.40. The standard InChI is InChI=1S/C19H19ClN4O2/c20-15-3-1-14(2-4-15)19-22-21-18(26-19)13-23-9-11-24(12-10-23)16-5-7-17(25)8-6-16/h1-8,25H,9-13H2. The first-order valence-electron chi connectivity index (χ1n) is 8.52. The van der Waals surface area contributed by atoms with Gasteiger partial charge < -0.3 is 14.4 Å². The van der Waals surface area contributed by atoms with Gasteiger partial charge in [0.1, 0.15) is 5.75 Å². The molecule has 0 saturated carbocycles. The average Bonchev–Trinajstić information content (AvgIpc) is 3.12. The van der Waals surface area contributed by atoms with E-state index in [2.05, 4.69) is 20.0 Å². The molecular weight excluding hydrogens is 352 g/mol. The maximum Gasteiger partial charge on any atom is 0.247 e. The molecule has 4 rings (SSSR count). The van der Waals surface area contributed by atoms with Crippen molar-refractivity contribution in [1.82, 2.24) is 15.1 Å². The van der Waals surface area contributed by atoms with Gasteiger partial charge in [0.05, 0.1) is 6.54 Å². The number of phenols is 1. The van der Waals surface area contributed by atoms with Crippen LogP contribution in [0.15, 0.2) is 52.9 Å². The van der Waals surface area contributed by atoms with Crippen molar-refractivity contribution in [3.05, 3.63) is 59.4 Å². The number of halogens is 1. The van der Waals surface area contributed by atoms with E-state index in [0.717, 1.165) is 37.4 Å². The number of benzene rings is 2. The molecule has 0 aliphatic carbocycles. The van der Waals surface area contributed by atoms with Gasteiger partial charge in [0, 0.05) is 42.5 Å². The maximum atomic E-state index is 9.40. The first kappa shape index (κ1) is 16.9. The second-order valence-electron chi connectivity index (χ2n) is 6.29. The second kappa shape index (κ2) is 7.35. The molecule has 0 bridgehead atoms. The van der Waals surface area contributed by atoms with Crippen LogP contribution in [0.5, 0.6) is 5.75 Å². The van der Waals surface area contributed by atoms with E-state index in [0.29, 0.717) is 29.1 Å². The van der Waals surface area contributed by atoms with Crippen molar-refractivity contribution in [3.63, 3.8) is 0 Å². The predicted molar refractivity (Wildman–Crippen MR) is 100 cm³/mol. The van der Waals surface area contributed by atoms with Gasteiger partial charge in [-0.05, 0) is 48.5 Å². The number of hydrogen-bond donors (Lipinski definition) is 1. The minimum Gasteiger partial charge on any atom is -0.508 e. The van der Waals surface area contributed by atoms with Crippen LogP contribution in [0.25, 0.3) is 11.5 Å². The Morgan fingerprint density at radius 1 is 0.923 bits per heavy atom. The summed E-state index contributed by atoms with van der Waals surface area (Å²) in [6, 6.07) is 14.7. The van der Waals surface area contributed by atoms with Gasteiger partial charge >= 0.3 is 0 Å². The summed E-state index contributed by atoms with van der Waals surface area (Å²) < 4.78 is 5.79. The zero-order valence-corrected chi connectivity index (χ0v) is 14.9. The Bertz CT molecular complexity index is 856. The summed E-state index contributed by atoms with van der Waals surface area (Å²) in [6.45, 7) is 4.31. The number of aromatic hydroxyl groups is 1. The second-order valence-corrected chi connectivity index (χ2v) is 6.72. The highest BCUT2D eigenvalue weighted by Gasteiger charge is 2.19. The first-order chi connectivity index (χ1) is 12.7. The van der Waals surface area contributed by atoms with Gasteiger partial charge in [0.2, 0.25) is 11.8 Å². The van der Waals surface area contributed by atoms with Gasteiger partial charge in [-0.3, -0.25) is 4.90 Å². The Morgan fingerprint density at radius 3 is 2.31 bits per heavy atom. The summed E-state index contributed by atoms with van der Waals surface area (Å²) in [4.78, 5) is 4.61. The Labute approximate surface area is 156 Å². The lowest BCUT2D eigenvalue weighted by molar-refractivity contribution is 0.227. The quantitative estimate of drug-likeness (QED) is 0.759. The van der Waals surface area contributed by atoms with Gasteiger partial charge in [0.15, 0.2) is 0 Å². The lowest BCUT2D eigenvalue weighted by Gasteiger charge is -2.35. The molecular formula is C19H19ClN4O2. The van der Waals surface area contributed by atoms with Crippen molar-refractivity contribution in [1.29, 1.82) is 0 Å². The minimum absolute atomic E-state index is 0.292. The van der Waals surface area contributed by atoms with Crippen LogP contribution in [0, 0.1) is 0 Å². The number of hydrogen-bond acceptors (Lipinski definition) is 6. The van der Waals surface area contributed by atoms with Gasteiger partial charge in [-0.15, -0.1) is 10.2 Å². The fraction of sp³-hybridized carbons (Fsp3) is 0.263. The molecule has 1 aliphatic rings. The number of anilines is 1. The monoisotopic (exact) mass is 370 g/mol. The largest absolute Gasteiger partial charge is 0.508 e. The number of phenolic OH excluding ortho intramolecular Hbond substituents is 1. The molecule has 7 heteroatoms. The third kappa shape index (κ3) is 3.81. The van der Waals surface area contributed by atoms with E-state index in [9.17, 15) is 5.11 Å². The molecule has 134 valence electrons. The lowest BCUT2D eigenvalue weighted by Crippen LogP contribution is -2.46. The highest BCUT2D eigenvalue weighted by Crippen LogP contribution is 2.22. The fourth-order valence-corrected chi connectivity index (χ4v) is 3.17. The molecule has 0 unspecified atom stereocenters. The molecule has 1 aromatic heterocycles. The summed E-state index contributed by atoms with van der Waals surface area (Å²) in [5.41, 5.74) is 2.00. The first-order valence-corrected chi connectivity index (χ1v) is 8.90. The Morgan fingerprint density at radius 2 is 1.62 bits per heavy atom. The van der Waals surface area contributed by atoms with Crippen LogP contribution in [-0.2, 0) is 6.54 Å². The summed E-state index contributed by atoms with van der Waals surface area (Å²) in [5.74, 6) is 1.42. The van der Waals surface area contributed by atoms with E-state index in [-0.39, 0.29) is 0 Å². The predicted octanol–water partition coefficient (Wildman–Crippen LogP) is 3.42. The fourth-order valence-electron chi connectivity index (χ4n) is 3.05. The summed E-state index contributed by atoms with van der Waals surface area (Å²) >= 11 is 5.91. The van der Waals surface area contributed by atoms with Crippen LogP contribution in [0.4, 0.5) is 5.69 Å². The van der Waals surface area contributed by atoms with E-state index in [4.69, 9.17) is 16.0 Å². The van der Waals surface area contributed by atoms with E-state index in [1.807, 2.05) is 36.4 Å². The van der Waals surface area contributed by atoms with Crippen LogP contribution in [0.2, 0.25) is 5.02 Å². The molecule has 26 heavy (non-hydrogen) atoms. The molecule has 0 radical (unpaired) electrons. The third-order valence-corrected chi connectivity index (χ3v) is 4.76. The zero-order chi connectivity index (χ0) is 17.9. The molecule has 0 amide bonds. The van der Waals surface area contributed by atoms with Crippen molar-refractivity contribution in [2.45, 2.75) is 6.54 Å². The van der Waals surface area contributed by atoms with Crippen LogP contribution < -0.4 is 4.90 Å². The number of rotatable bonds is 4. The molecule has 1 N–H and O–H groups in total. The molecule has 0 spiro atoms. The highest BCUT2D eigenvalue weighted by molar-refractivity contribution is 6.30. The number of piperazine rings is 1. The van der Waals surface area contributed by atoms with E-state index in [1.54, 1.807) is 12.1 Å². The van der Waals surface area contributed by atoms with Crippen molar-refractivity contribution in [2.75, 3.05) is 31.1 Å². The Hall–Kier alpha value is -2.57. The van der Waals surface area contributed by atoms with E-state index in [1.165, 1.54) is 0 Å². The topological polar surface area (TPSA) is 65.6 Å². The van der Waals surface area contributed by atoms with Crippen LogP contribution >= 0.6 is 11.6 Å². The molecule has 1 saturated heterocycles. The average molecular weight is 371 g/mol. The van der Waals surface area contributed by atoms with Crippen LogP contribution in [0.3, 0.4) is 0 Å². The number of nitrogens with zero attached hydrogens (tertiary/aromatic N) is 4. The van der Waals surface area contributed by atoms with Gasteiger partial charge in [0.25, 0.3) is 0 Å². The van der Waals surface area contributed by atoms with E-state index >= 15 is 0 Å². The zero-order valence-electron chi connectivity index (χ0n) is 14.2. The summed E-state index contributed by atoms with van der Waals surface area (Å²) in [5, 5.41) is 18.4. The van der Waals surface area contributed by atoms with Gasteiger partial charge in [-0.25, -0.2) is 0 Å². The van der Waals surface area contributed by atoms with Crippen LogP contribution in [0.1, 0.15) is 5.89 Å². The molecule has 2 aromatic carbocycles. The Balaban J connectivity index is 1.34. The number of aromatic nitrogens is 2. The van der Waals surface area contributed by atoms with Gasteiger partial charge in [-0.1, -0.05) is 11.6 Å². The molecule has 3 aromatic rings. The Kier molecular flexibility index (Phi) is 4.77. The summed E-state index contributed by atoms with van der Waals surface area (Å²) in [7, 11) is 0. The normalized spacial score (nSPS) is 15.3. The van der Waals surface area contributed by atoms with Crippen LogP contribution in [-0.4, -0.2) is 46.4 Å². The molecule has 2 heterocycles. The lowest BCUT2D eigenvalue weighted by atomic mass is 10.2. The van der Waals surface area contributed by atoms with Crippen molar-refractivity contribution in [3.8, 4) is 17.2 Å². The van der Waals surface area contributed by atoms with Crippen molar-refractivity contribution < 1.29 is 9.52 Å². The minimum atomic E-state index is 0.292. The van der Waals surface area contributed by atoms with Gasteiger partial charge in [-0.2, -0.15) is 0 Å². The highest BCUT2D eigenvalue weighted by atomic mass is 35.5. The van der Waals surface area contributed by atoms with Crippen molar-refractivity contribution >= 4 is 17.3 Å². The summed E-state index contributed by atoms with van der Waals surface area (Å²) in [6.07, 6.45) is 0.